The van der Waals surface area contributed by atoms with Crippen molar-refractivity contribution < 1.29 is 27.8 Å². The molecule has 2 aliphatic heterocycles. The monoisotopic (exact) mass is 255 g/mol. The van der Waals surface area contributed by atoms with E-state index in [-0.39, 0.29) is 6.54 Å². The summed E-state index contributed by atoms with van der Waals surface area (Å²) in [5, 5.41) is 8.97. The van der Waals surface area contributed by atoms with Crippen LogP contribution in [0.1, 0.15) is 12.8 Å². The Morgan fingerprint density at radius 3 is 2.18 bits per heavy atom. The number of hydrogen-bond donors (Lipinski definition) is 1. The van der Waals surface area contributed by atoms with E-state index < -0.39 is 18.1 Å². The first-order valence-electron chi connectivity index (χ1n) is 5.66. The Kier molecular flexibility index (Phi) is 3.63. The SMILES string of the molecule is OC(CN1CCC2(CC1)OCCO2)C(F)(F)F. The van der Waals surface area contributed by atoms with E-state index in [9.17, 15) is 13.2 Å². The highest BCUT2D eigenvalue weighted by atomic mass is 19.4. The fraction of sp³-hybridized carbons (Fsp3) is 1.00. The van der Waals surface area contributed by atoms with E-state index in [2.05, 4.69) is 0 Å². The highest BCUT2D eigenvalue weighted by Crippen LogP contribution is 2.31. The summed E-state index contributed by atoms with van der Waals surface area (Å²) in [5.41, 5.74) is 0. The molecule has 1 N–H and O–H groups in total. The lowest BCUT2D eigenvalue weighted by Gasteiger charge is -2.38. The largest absolute Gasteiger partial charge is 0.415 e. The molecule has 1 unspecified atom stereocenters. The van der Waals surface area contributed by atoms with Crippen molar-refractivity contribution in [1.82, 2.24) is 4.90 Å². The number of aliphatic hydroxyl groups excluding tert-OH is 1. The molecule has 7 heteroatoms. The lowest BCUT2D eigenvalue weighted by atomic mass is 10.0. The second-order valence-electron chi connectivity index (χ2n) is 4.47. The fourth-order valence-electron chi connectivity index (χ4n) is 2.21. The predicted molar refractivity (Wildman–Crippen MR) is 52.4 cm³/mol. The lowest BCUT2D eigenvalue weighted by Crippen LogP contribution is -2.49. The van der Waals surface area contributed by atoms with Gasteiger partial charge in [-0.3, -0.25) is 0 Å². The molecule has 2 saturated heterocycles. The maximum Gasteiger partial charge on any atom is 0.415 e. The van der Waals surface area contributed by atoms with Crippen LogP contribution in [-0.4, -0.2) is 60.9 Å². The molecule has 0 bridgehead atoms. The van der Waals surface area contributed by atoms with Crippen LogP contribution in [-0.2, 0) is 9.47 Å². The van der Waals surface area contributed by atoms with E-state index in [0.717, 1.165) is 0 Å². The molecule has 0 aromatic heterocycles. The number of rotatable bonds is 2. The average Bonchev–Trinajstić information content (AvgIpc) is 2.69. The first kappa shape index (κ1) is 13.1. The zero-order valence-corrected chi connectivity index (χ0v) is 9.37. The smallest absolute Gasteiger partial charge is 0.382 e. The second-order valence-corrected chi connectivity index (χ2v) is 4.47. The van der Waals surface area contributed by atoms with E-state index in [0.29, 0.717) is 39.1 Å². The van der Waals surface area contributed by atoms with Gasteiger partial charge in [0.2, 0.25) is 0 Å². The average molecular weight is 255 g/mol. The van der Waals surface area contributed by atoms with Gasteiger partial charge in [-0.2, -0.15) is 13.2 Å². The van der Waals surface area contributed by atoms with Crippen LogP contribution in [0.4, 0.5) is 13.2 Å². The molecule has 0 amide bonds. The first-order valence-corrected chi connectivity index (χ1v) is 5.66. The number of aliphatic hydroxyl groups is 1. The van der Waals surface area contributed by atoms with Gasteiger partial charge in [-0.15, -0.1) is 0 Å². The maximum atomic E-state index is 12.2. The molecule has 4 nitrogen and oxygen atoms in total. The number of β-amino-alcohol motifs (C(OH)–C–C–N with tert-alkyl or cyclic N) is 1. The summed E-state index contributed by atoms with van der Waals surface area (Å²) < 4.78 is 47.5. The Morgan fingerprint density at radius 1 is 1.18 bits per heavy atom. The minimum Gasteiger partial charge on any atom is -0.382 e. The molecule has 0 aliphatic carbocycles. The molecule has 100 valence electrons. The Hall–Kier alpha value is -0.370. The van der Waals surface area contributed by atoms with Gasteiger partial charge in [-0.1, -0.05) is 0 Å². The summed E-state index contributed by atoms with van der Waals surface area (Å²) in [5.74, 6) is -0.584. The Bertz CT molecular complexity index is 256. The number of halogens is 3. The van der Waals surface area contributed by atoms with Crippen molar-refractivity contribution in [3.05, 3.63) is 0 Å². The zero-order chi connectivity index (χ0) is 12.5. The van der Waals surface area contributed by atoms with Gasteiger partial charge in [0.15, 0.2) is 11.9 Å². The minimum absolute atomic E-state index is 0.375. The summed E-state index contributed by atoms with van der Waals surface area (Å²) in [7, 11) is 0. The number of nitrogens with zero attached hydrogens (tertiary/aromatic N) is 1. The highest BCUT2D eigenvalue weighted by Gasteiger charge is 2.43. The van der Waals surface area contributed by atoms with Gasteiger partial charge in [0, 0.05) is 32.5 Å². The third-order valence-corrected chi connectivity index (χ3v) is 3.24. The van der Waals surface area contributed by atoms with Gasteiger partial charge < -0.3 is 19.5 Å². The normalized spacial score (nSPS) is 27.5. The van der Waals surface area contributed by atoms with E-state index in [4.69, 9.17) is 14.6 Å². The van der Waals surface area contributed by atoms with Crippen LogP contribution in [0.5, 0.6) is 0 Å². The fourth-order valence-corrected chi connectivity index (χ4v) is 2.21. The van der Waals surface area contributed by atoms with Crippen molar-refractivity contribution in [2.24, 2.45) is 0 Å². The quantitative estimate of drug-likeness (QED) is 0.790. The topological polar surface area (TPSA) is 41.9 Å². The van der Waals surface area contributed by atoms with Crippen LogP contribution in [0.2, 0.25) is 0 Å². The highest BCUT2D eigenvalue weighted by molar-refractivity contribution is 4.84. The molecule has 2 heterocycles. The van der Waals surface area contributed by atoms with Gasteiger partial charge in [-0.25, -0.2) is 0 Å². The predicted octanol–water partition coefficient (Wildman–Crippen LogP) is 0.748. The van der Waals surface area contributed by atoms with Crippen LogP contribution < -0.4 is 0 Å². The summed E-state index contributed by atoms with van der Waals surface area (Å²) in [6.07, 6.45) is -5.72. The van der Waals surface area contributed by atoms with Crippen LogP contribution in [0.25, 0.3) is 0 Å². The molecule has 0 radical (unpaired) electrons. The van der Waals surface area contributed by atoms with Gasteiger partial charge in [0.1, 0.15) is 0 Å². The molecular weight excluding hydrogens is 239 g/mol. The van der Waals surface area contributed by atoms with Crippen LogP contribution in [0.3, 0.4) is 0 Å². The first-order chi connectivity index (χ1) is 7.91. The molecule has 2 fully saturated rings. The number of alkyl halides is 3. The van der Waals surface area contributed by atoms with E-state index in [1.807, 2.05) is 0 Å². The molecule has 2 aliphatic rings. The van der Waals surface area contributed by atoms with E-state index >= 15 is 0 Å². The number of hydrogen-bond acceptors (Lipinski definition) is 4. The van der Waals surface area contributed by atoms with Gasteiger partial charge >= 0.3 is 6.18 Å². The summed E-state index contributed by atoms with van der Waals surface area (Å²) in [6, 6.07) is 0. The third kappa shape index (κ3) is 3.09. The van der Waals surface area contributed by atoms with Gasteiger partial charge in [0.05, 0.1) is 13.2 Å². The molecule has 0 saturated carbocycles. The number of ether oxygens (including phenoxy) is 2. The summed E-state index contributed by atoms with van der Waals surface area (Å²) in [6.45, 7) is 1.62. The van der Waals surface area contributed by atoms with Gasteiger partial charge in [-0.05, 0) is 0 Å². The Balaban J connectivity index is 1.79. The van der Waals surface area contributed by atoms with Crippen molar-refractivity contribution in [2.75, 3.05) is 32.8 Å². The Labute approximate surface area is 97.3 Å². The molecule has 1 atom stereocenters. The van der Waals surface area contributed by atoms with Crippen molar-refractivity contribution in [2.45, 2.75) is 30.9 Å². The molecule has 17 heavy (non-hydrogen) atoms. The Morgan fingerprint density at radius 2 is 1.71 bits per heavy atom. The van der Waals surface area contributed by atoms with Crippen LogP contribution in [0.15, 0.2) is 0 Å². The standard InChI is InChI=1S/C10H16F3NO3/c11-10(12,13)8(15)7-14-3-1-9(2-4-14)16-5-6-17-9/h8,15H,1-7H2. The second kappa shape index (κ2) is 4.72. The van der Waals surface area contributed by atoms with Crippen molar-refractivity contribution in [1.29, 1.82) is 0 Å². The molecule has 0 aromatic rings. The molecule has 2 rings (SSSR count). The summed E-state index contributed by atoms with van der Waals surface area (Å²) in [4.78, 5) is 1.59. The molecular formula is C10H16F3NO3. The minimum atomic E-state index is -4.55. The third-order valence-electron chi connectivity index (χ3n) is 3.24. The number of likely N-dealkylation sites (tertiary alicyclic amines) is 1. The number of piperidine rings is 1. The van der Waals surface area contributed by atoms with E-state index in [1.54, 1.807) is 4.90 Å². The summed E-state index contributed by atoms with van der Waals surface area (Å²) >= 11 is 0. The molecule has 1 spiro atoms. The maximum absolute atomic E-state index is 12.2. The van der Waals surface area contributed by atoms with Crippen LogP contribution >= 0.6 is 0 Å². The van der Waals surface area contributed by atoms with Crippen molar-refractivity contribution in [3.8, 4) is 0 Å². The lowest BCUT2D eigenvalue weighted by molar-refractivity contribution is -0.217. The van der Waals surface area contributed by atoms with Crippen molar-refractivity contribution in [3.63, 3.8) is 0 Å². The van der Waals surface area contributed by atoms with Crippen molar-refractivity contribution >= 4 is 0 Å². The van der Waals surface area contributed by atoms with Crippen LogP contribution in [0, 0.1) is 0 Å². The zero-order valence-electron chi connectivity index (χ0n) is 9.37. The van der Waals surface area contributed by atoms with Gasteiger partial charge in [0.25, 0.3) is 0 Å². The molecule has 0 aromatic carbocycles. The van der Waals surface area contributed by atoms with E-state index in [1.165, 1.54) is 0 Å².